The standard InChI is InChI=1S/C13H13Br2NS/c14-12-4-2-1-3-10(12)9-16-8-7-11-5-6-13(15)17-11/h1-6,16H,7-9H2. The SMILES string of the molecule is Brc1ccc(CCNCc2ccccc2Br)s1. The molecule has 90 valence electrons. The maximum atomic E-state index is 3.55. The van der Waals surface area contributed by atoms with Gasteiger partial charge in [0.1, 0.15) is 0 Å². The van der Waals surface area contributed by atoms with Gasteiger partial charge >= 0.3 is 0 Å². The van der Waals surface area contributed by atoms with Gasteiger partial charge in [-0.15, -0.1) is 11.3 Å². The van der Waals surface area contributed by atoms with E-state index in [0.717, 1.165) is 19.5 Å². The lowest BCUT2D eigenvalue weighted by molar-refractivity contribution is 0.689. The predicted octanol–water partition coefficient (Wildman–Crippen LogP) is 4.61. The first-order valence-corrected chi connectivity index (χ1v) is 7.84. The number of hydrogen-bond acceptors (Lipinski definition) is 2. The van der Waals surface area contributed by atoms with E-state index in [2.05, 4.69) is 67.5 Å². The molecule has 0 radical (unpaired) electrons. The summed E-state index contributed by atoms with van der Waals surface area (Å²) in [7, 11) is 0. The predicted molar refractivity (Wildman–Crippen MR) is 81.6 cm³/mol. The molecule has 0 fully saturated rings. The molecular weight excluding hydrogens is 362 g/mol. The molecule has 0 amide bonds. The van der Waals surface area contributed by atoms with E-state index in [4.69, 9.17) is 0 Å². The molecule has 1 N–H and O–H groups in total. The van der Waals surface area contributed by atoms with Crippen molar-refractivity contribution in [2.75, 3.05) is 6.54 Å². The molecule has 1 aromatic heterocycles. The number of thiophene rings is 1. The second-order valence-corrected chi connectivity index (χ2v) is 7.13. The Morgan fingerprint density at radius 3 is 2.59 bits per heavy atom. The number of hydrogen-bond donors (Lipinski definition) is 1. The minimum absolute atomic E-state index is 0.911. The monoisotopic (exact) mass is 373 g/mol. The third kappa shape index (κ3) is 4.21. The number of halogens is 2. The Balaban J connectivity index is 1.75. The fourth-order valence-electron chi connectivity index (χ4n) is 1.56. The molecule has 0 atom stereocenters. The molecule has 0 aliphatic heterocycles. The van der Waals surface area contributed by atoms with Crippen LogP contribution in [0.25, 0.3) is 0 Å². The van der Waals surface area contributed by atoms with Crippen LogP contribution in [0.2, 0.25) is 0 Å². The Morgan fingerprint density at radius 1 is 1.06 bits per heavy atom. The van der Waals surface area contributed by atoms with Gasteiger partial charge in [0.25, 0.3) is 0 Å². The Bertz CT molecular complexity index is 482. The zero-order valence-corrected chi connectivity index (χ0v) is 13.2. The first-order chi connectivity index (χ1) is 8.25. The van der Waals surface area contributed by atoms with E-state index in [1.807, 2.05) is 6.07 Å². The average Bonchev–Trinajstić information content (AvgIpc) is 2.73. The van der Waals surface area contributed by atoms with E-state index in [1.54, 1.807) is 11.3 Å². The van der Waals surface area contributed by atoms with Crippen molar-refractivity contribution < 1.29 is 0 Å². The maximum absolute atomic E-state index is 3.55. The second-order valence-electron chi connectivity index (χ2n) is 3.72. The van der Waals surface area contributed by atoms with Gasteiger partial charge in [0.05, 0.1) is 3.79 Å². The molecule has 0 saturated carbocycles. The smallest absolute Gasteiger partial charge is 0.0701 e. The van der Waals surface area contributed by atoms with E-state index in [1.165, 1.54) is 18.7 Å². The van der Waals surface area contributed by atoms with Crippen molar-refractivity contribution in [1.82, 2.24) is 5.32 Å². The lowest BCUT2D eigenvalue weighted by atomic mass is 10.2. The summed E-state index contributed by atoms with van der Waals surface area (Å²) in [5.74, 6) is 0. The molecule has 0 bridgehead atoms. The highest BCUT2D eigenvalue weighted by Crippen LogP contribution is 2.22. The van der Waals surface area contributed by atoms with Gasteiger partial charge in [-0.25, -0.2) is 0 Å². The lowest BCUT2D eigenvalue weighted by Crippen LogP contribution is -2.16. The molecule has 2 rings (SSSR count). The summed E-state index contributed by atoms with van der Waals surface area (Å²) < 4.78 is 2.38. The molecular formula is C13H13Br2NS. The fourth-order valence-corrected chi connectivity index (χ4v) is 3.47. The molecule has 1 heterocycles. The number of rotatable bonds is 5. The molecule has 0 aliphatic carbocycles. The zero-order valence-electron chi connectivity index (χ0n) is 9.25. The van der Waals surface area contributed by atoms with Crippen LogP contribution >= 0.6 is 43.2 Å². The molecule has 0 unspecified atom stereocenters. The van der Waals surface area contributed by atoms with E-state index in [9.17, 15) is 0 Å². The Morgan fingerprint density at radius 2 is 1.88 bits per heavy atom. The molecule has 2 aromatic rings. The zero-order chi connectivity index (χ0) is 12.1. The summed E-state index contributed by atoms with van der Waals surface area (Å²) >= 11 is 8.84. The van der Waals surface area contributed by atoms with Crippen molar-refractivity contribution in [3.8, 4) is 0 Å². The van der Waals surface area contributed by atoms with Crippen molar-refractivity contribution in [2.24, 2.45) is 0 Å². The summed E-state index contributed by atoms with van der Waals surface area (Å²) in [5.41, 5.74) is 1.31. The van der Waals surface area contributed by atoms with Crippen LogP contribution in [0.5, 0.6) is 0 Å². The third-order valence-corrected chi connectivity index (χ3v) is 4.91. The Hall–Kier alpha value is -0.160. The fraction of sp³-hybridized carbons (Fsp3) is 0.231. The normalized spacial score (nSPS) is 10.7. The van der Waals surface area contributed by atoms with Crippen LogP contribution in [0, 0.1) is 0 Å². The summed E-state index contributed by atoms with van der Waals surface area (Å²) in [6.07, 6.45) is 1.08. The van der Waals surface area contributed by atoms with Gasteiger partial charge in [-0.05, 0) is 46.1 Å². The first-order valence-electron chi connectivity index (χ1n) is 5.44. The van der Waals surface area contributed by atoms with Crippen molar-refractivity contribution in [1.29, 1.82) is 0 Å². The second kappa shape index (κ2) is 6.69. The van der Waals surface area contributed by atoms with Gasteiger partial charge in [-0.2, -0.15) is 0 Å². The summed E-state index contributed by atoms with van der Waals surface area (Å²) in [4.78, 5) is 1.41. The number of benzene rings is 1. The van der Waals surface area contributed by atoms with Gasteiger partial charge in [0.15, 0.2) is 0 Å². The average molecular weight is 375 g/mol. The van der Waals surface area contributed by atoms with Gasteiger partial charge in [0, 0.05) is 22.4 Å². The van der Waals surface area contributed by atoms with Gasteiger partial charge in [0.2, 0.25) is 0 Å². The van der Waals surface area contributed by atoms with Gasteiger partial charge < -0.3 is 5.32 Å². The van der Waals surface area contributed by atoms with Crippen molar-refractivity contribution in [3.63, 3.8) is 0 Å². The first kappa shape index (κ1) is 13.3. The number of nitrogens with one attached hydrogen (secondary N) is 1. The molecule has 4 heteroatoms. The van der Waals surface area contributed by atoms with Crippen LogP contribution in [0.4, 0.5) is 0 Å². The highest BCUT2D eigenvalue weighted by atomic mass is 79.9. The Kier molecular flexibility index (Phi) is 5.22. The summed E-state index contributed by atoms with van der Waals surface area (Å²) in [6.45, 7) is 1.92. The van der Waals surface area contributed by atoms with Crippen LogP contribution in [0.15, 0.2) is 44.7 Å². The van der Waals surface area contributed by atoms with E-state index < -0.39 is 0 Å². The van der Waals surface area contributed by atoms with Gasteiger partial charge in [-0.3, -0.25) is 0 Å². The largest absolute Gasteiger partial charge is 0.312 e. The van der Waals surface area contributed by atoms with Crippen LogP contribution in [-0.4, -0.2) is 6.54 Å². The summed E-state index contributed by atoms with van der Waals surface area (Å²) in [6, 6.07) is 12.6. The quantitative estimate of drug-likeness (QED) is 0.753. The van der Waals surface area contributed by atoms with Crippen LogP contribution in [0.1, 0.15) is 10.4 Å². The molecule has 0 saturated heterocycles. The highest BCUT2D eigenvalue weighted by molar-refractivity contribution is 9.11. The molecule has 1 aromatic carbocycles. The van der Waals surface area contributed by atoms with Crippen molar-refractivity contribution in [3.05, 3.63) is 55.1 Å². The Labute approximate surface area is 123 Å². The van der Waals surface area contributed by atoms with E-state index in [-0.39, 0.29) is 0 Å². The third-order valence-electron chi connectivity index (χ3n) is 2.45. The van der Waals surface area contributed by atoms with Gasteiger partial charge in [-0.1, -0.05) is 34.1 Å². The summed E-state index contributed by atoms with van der Waals surface area (Å²) in [5, 5.41) is 3.46. The minimum atomic E-state index is 0.911. The van der Waals surface area contributed by atoms with Crippen molar-refractivity contribution >= 4 is 43.2 Å². The minimum Gasteiger partial charge on any atom is -0.312 e. The lowest BCUT2D eigenvalue weighted by Gasteiger charge is -2.05. The maximum Gasteiger partial charge on any atom is 0.0701 e. The highest BCUT2D eigenvalue weighted by Gasteiger charge is 1.99. The van der Waals surface area contributed by atoms with Crippen LogP contribution in [-0.2, 0) is 13.0 Å². The molecule has 17 heavy (non-hydrogen) atoms. The van der Waals surface area contributed by atoms with E-state index in [0.29, 0.717) is 0 Å². The van der Waals surface area contributed by atoms with E-state index >= 15 is 0 Å². The topological polar surface area (TPSA) is 12.0 Å². The molecule has 0 spiro atoms. The molecule has 1 nitrogen and oxygen atoms in total. The molecule has 0 aliphatic rings. The van der Waals surface area contributed by atoms with Crippen LogP contribution in [0.3, 0.4) is 0 Å². The van der Waals surface area contributed by atoms with Crippen LogP contribution < -0.4 is 5.32 Å². The van der Waals surface area contributed by atoms with Crippen molar-refractivity contribution in [2.45, 2.75) is 13.0 Å².